The maximum Gasteiger partial charge on any atom is 0.230 e. The van der Waals surface area contributed by atoms with Crippen LogP contribution < -0.4 is 5.32 Å². The molecule has 2 aromatic heterocycles. The summed E-state index contributed by atoms with van der Waals surface area (Å²) in [6.07, 6.45) is 4.61. The zero-order valence-electron chi connectivity index (χ0n) is 16.2. The topological polar surface area (TPSA) is 59.8 Å². The van der Waals surface area contributed by atoms with E-state index in [-0.39, 0.29) is 11.9 Å². The Kier molecular flexibility index (Phi) is 6.57. The van der Waals surface area contributed by atoms with Crippen LogP contribution in [0.25, 0.3) is 11.4 Å². The van der Waals surface area contributed by atoms with E-state index >= 15 is 0 Å². The summed E-state index contributed by atoms with van der Waals surface area (Å²) >= 11 is 9.52. The fourth-order valence-corrected chi connectivity index (χ4v) is 5.49. The molecule has 2 heterocycles. The van der Waals surface area contributed by atoms with Crippen LogP contribution in [0.3, 0.4) is 0 Å². The standard InChI is InChI=1S/C21H23ClN4OS2/c1-14(18-11-6-12-28-18)23-19(27)13-29-21-25-24-20(16-9-4-5-10-17(16)22)26(21)15-7-2-3-8-15/h4-6,9-12,14-15H,2-3,7-8,13H2,1H3,(H,23,27)/t14-/m0/s1. The molecular formula is C21H23ClN4OS2. The van der Waals surface area contributed by atoms with Crippen molar-refractivity contribution in [1.82, 2.24) is 20.1 Å². The van der Waals surface area contributed by atoms with Crippen LogP contribution in [0.1, 0.15) is 49.6 Å². The Hall–Kier alpha value is -1.83. The predicted molar refractivity (Wildman–Crippen MR) is 120 cm³/mol. The van der Waals surface area contributed by atoms with E-state index in [0.29, 0.717) is 16.8 Å². The van der Waals surface area contributed by atoms with Crippen LogP contribution in [0.2, 0.25) is 5.02 Å². The van der Waals surface area contributed by atoms with E-state index < -0.39 is 0 Å². The zero-order chi connectivity index (χ0) is 20.2. The van der Waals surface area contributed by atoms with E-state index in [1.54, 1.807) is 11.3 Å². The van der Waals surface area contributed by atoms with Gasteiger partial charge in [-0.2, -0.15) is 0 Å². The zero-order valence-corrected chi connectivity index (χ0v) is 18.6. The SMILES string of the molecule is C[C@H](NC(=O)CSc1nnc(-c2ccccc2Cl)n1C1CCCC1)c1cccs1. The average molecular weight is 447 g/mol. The third kappa shape index (κ3) is 4.68. The maximum atomic E-state index is 12.5. The molecule has 8 heteroatoms. The smallest absolute Gasteiger partial charge is 0.230 e. The van der Waals surface area contributed by atoms with Crippen LogP contribution in [-0.2, 0) is 4.79 Å². The molecule has 0 unspecified atom stereocenters. The van der Waals surface area contributed by atoms with Gasteiger partial charge in [0.2, 0.25) is 5.91 Å². The van der Waals surface area contributed by atoms with Crippen LogP contribution >= 0.6 is 34.7 Å². The Bertz CT molecular complexity index is 967. The number of nitrogens with zero attached hydrogens (tertiary/aromatic N) is 3. The first-order valence-corrected chi connectivity index (χ1v) is 12.0. The van der Waals surface area contributed by atoms with Gasteiger partial charge in [0.15, 0.2) is 11.0 Å². The third-order valence-corrected chi connectivity index (χ3v) is 7.48. The highest BCUT2D eigenvalue weighted by Crippen LogP contribution is 2.38. The molecule has 0 radical (unpaired) electrons. The van der Waals surface area contributed by atoms with Crippen molar-refractivity contribution < 1.29 is 4.79 Å². The number of nitrogens with one attached hydrogen (secondary N) is 1. The number of aromatic nitrogens is 3. The van der Waals surface area contributed by atoms with Gasteiger partial charge in [0.1, 0.15) is 0 Å². The van der Waals surface area contributed by atoms with Gasteiger partial charge in [0.25, 0.3) is 0 Å². The molecule has 1 amide bonds. The van der Waals surface area contributed by atoms with E-state index in [0.717, 1.165) is 34.3 Å². The second-order valence-corrected chi connectivity index (χ2v) is 9.52. The lowest BCUT2D eigenvalue weighted by Gasteiger charge is -2.17. The summed E-state index contributed by atoms with van der Waals surface area (Å²) in [7, 11) is 0. The minimum Gasteiger partial charge on any atom is -0.348 e. The summed E-state index contributed by atoms with van der Waals surface area (Å²) in [4.78, 5) is 13.6. The highest BCUT2D eigenvalue weighted by Gasteiger charge is 2.26. The second kappa shape index (κ2) is 9.32. The molecule has 29 heavy (non-hydrogen) atoms. The number of hydrogen-bond donors (Lipinski definition) is 1. The number of carbonyl (C=O) groups excluding carboxylic acids is 1. The number of hydrogen-bond acceptors (Lipinski definition) is 5. The first-order valence-electron chi connectivity index (χ1n) is 9.79. The molecule has 5 nitrogen and oxygen atoms in total. The number of amides is 1. The van der Waals surface area contributed by atoms with E-state index in [1.165, 1.54) is 24.6 Å². The molecule has 0 bridgehead atoms. The molecule has 1 aliphatic carbocycles. The molecule has 0 aliphatic heterocycles. The summed E-state index contributed by atoms with van der Waals surface area (Å²) in [5.41, 5.74) is 0.885. The summed E-state index contributed by atoms with van der Waals surface area (Å²) < 4.78 is 2.19. The normalized spacial score (nSPS) is 15.5. The van der Waals surface area contributed by atoms with Crippen molar-refractivity contribution in [3.8, 4) is 11.4 Å². The number of rotatable bonds is 7. The Morgan fingerprint density at radius 1 is 1.28 bits per heavy atom. The molecule has 1 N–H and O–H groups in total. The van der Waals surface area contributed by atoms with Gasteiger partial charge >= 0.3 is 0 Å². The van der Waals surface area contributed by atoms with Crippen LogP contribution in [0.5, 0.6) is 0 Å². The Balaban J connectivity index is 1.51. The first kappa shape index (κ1) is 20.4. The van der Waals surface area contributed by atoms with E-state index in [1.807, 2.05) is 48.7 Å². The molecule has 1 aliphatic rings. The Morgan fingerprint density at radius 3 is 2.79 bits per heavy atom. The van der Waals surface area contributed by atoms with Crippen molar-refractivity contribution in [2.45, 2.75) is 49.8 Å². The molecule has 152 valence electrons. The number of benzene rings is 1. The Labute approximate surface area is 183 Å². The molecule has 1 aromatic carbocycles. The Morgan fingerprint density at radius 2 is 2.07 bits per heavy atom. The summed E-state index contributed by atoms with van der Waals surface area (Å²) in [6.45, 7) is 2.00. The van der Waals surface area contributed by atoms with Gasteiger partial charge in [-0.15, -0.1) is 21.5 Å². The largest absolute Gasteiger partial charge is 0.348 e. The van der Waals surface area contributed by atoms with Crippen molar-refractivity contribution in [2.75, 3.05) is 5.75 Å². The van der Waals surface area contributed by atoms with Crippen molar-refractivity contribution in [2.24, 2.45) is 0 Å². The molecule has 0 spiro atoms. The van der Waals surface area contributed by atoms with Crippen LogP contribution in [0, 0.1) is 0 Å². The lowest BCUT2D eigenvalue weighted by Crippen LogP contribution is -2.27. The average Bonchev–Trinajstić information content (AvgIpc) is 3.47. The van der Waals surface area contributed by atoms with E-state index in [4.69, 9.17) is 11.6 Å². The summed E-state index contributed by atoms with van der Waals surface area (Å²) in [6, 6.07) is 12.1. The first-order chi connectivity index (χ1) is 14.1. The van der Waals surface area contributed by atoms with Gasteiger partial charge in [-0.05, 0) is 43.3 Å². The molecule has 1 saturated carbocycles. The molecule has 4 rings (SSSR count). The molecule has 0 saturated heterocycles. The second-order valence-electron chi connectivity index (χ2n) is 7.19. The fourth-order valence-electron chi connectivity index (χ4n) is 3.72. The summed E-state index contributed by atoms with van der Waals surface area (Å²) in [5.74, 6) is 1.09. The van der Waals surface area contributed by atoms with Crippen LogP contribution in [0.4, 0.5) is 0 Å². The van der Waals surface area contributed by atoms with Crippen molar-refractivity contribution in [1.29, 1.82) is 0 Å². The summed E-state index contributed by atoms with van der Waals surface area (Å²) in [5, 5.41) is 15.4. The number of halogens is 1. The molecular weight excluding hydrogens is 424 g/mol. The quantitative estimate of drug-likeness (QED) is 0.470. The van der Waals surface area contributed by atoms with Gasteiger partial charge in [0.05, 0.1) is 16.8 Å². The van der Waals surface area contributed by atoms with Gasteiger partial charge in [-0.3, -0.25) is 9.36 Å². The fraction of sp³-hybridized carbons (Fsp3) is 0.381. The molecule has 1 fully saturated rings. The lowest BCUT2D eigenvalue weighted by molar-refractivity contribution is -0.119. The van der Waals surface area contributed by atoms with Gasteiger partial charge < -0.3 is 5.32 Å². The predicted octanol–water partition coefficient (Wildman–Crippen LogP) is 5.74. The van der Waals surface area contributed by atoms with Crippen molar-refractivity contribution in [3.63, 3.8) is 0 Å². The minimum atomic E-state index is -0.00355. The number of carbonyl (C=O) groups is 1. The lowest BCUT2D eigenvalue weighted by atomic mass is 10.2. The van der Waals surface area contributed by atoms with E-state index in [2.05, 4.69) is 20.1 Å². The van der Waals surface area contributed by atoms with Gasteiger partial charge in [-0.1, -0.05) is 54.4 Å². The third-order valence-electron chi connectivity index (χ3n) is 5.15. The van der Waals surface area contributed by atoms with Gasteiger partial charge in [-0.25, -0.2) is 0 Å². The number of thioether (sulfide) groups is 1. The van der Waals surface area contributed by atoms with Crippen LogP contribution in [-0.4, -0.2) is 26.4 Å². The molecule has 1 atom stereocenters. The van der Waals surface area contributed by atoms with Crippen molar-refractivity contribution >= 4 is 40.6 Å². The minimum absolute atomic E-state index is 0.00355. The number of thiophene rings is 1. The monoisotopic (exact) mass is 446 g/mol. The highest BCUT2D eigenvalue weighted by atomic mass is 35.5. The van der Waals surface area contributed by atoms with Gasteiger partial charge in [0, 0.05) is 16.5 Å². The van der Waals surface area contributed by atoms with Crippen LogP contribution in [0.15, 0.2) is 46.9 Å². The molecule has 3 aromatic rings. The highest BCUT2D eigenvalue weighted by molar-refractivity contribution is 7.99. The van der Waals surface area contributed by atoms with Crippen molar-refractivity contribution in [3.05, 3.63) is 51.7 Å². The maximum absolute atomic E-state index is 12.5. The van der Waals surface area contributed by atoms with E-state index in [9.17, 15) is 4.79 Å².